The maximum atomic E-state index is 6.41. The Morgan fingerprint density at radius 2 is 1.17 bits per heavy atom. The minimum atomic E-state index is -2.90. The van der Waals surface area contributed by atoms with Gasteiger partial charge in [-0.2, -0.15) is 0 Å². The van der Waals surface area contributed by atoms with Gasteiger partial charge in [-0.05, 0) is 61.8 Å². The zero-order valence-electron chi connectivity index (χ0n) is 18.7. The summed E-state index contributed by atoms with van der Waals surface area (Å²) in [6, 6.07) is 13.6. The monoisotopic (exact) mass is 410 g/mol. The van der Waals surface area contributed by atoms with Gasteiger partial charge in [0.15, 0.2) is 0 Å². The molecule has 0 amide bonds. The summed E-state index contributed by atoms with van der Waals surface area (Å²) in [6.45, 7) is 10.9. The first kappa shape index (κ1) is 20.4. The Kier molecular flexibility index (Phi) is 5.49. The van der Waals surface area contributed by atoms with Gasteiger partial charge in [-0.3, -0.25) is 0 Å². The van der Waals surface area contributed by atoms with Crippen molar-refractivity contribution in [2.45, 2.75) is 40.5 Å². The molecule has 2 heterocycles. The Balaban J connectivity index is 1.86. The molecule has 0 radical (unpaired) electrons. The van der Waals surface area contributed by atoms with Gasteiger partial charge in [0, 0.05) is 38.7 Å². The Hall–Kier alpha value is -1.82. The molecule has 0 fully saturated rings. The van der Waals surface area contributed by atoms with E-state index < -0.39 is 8.88 Å². The molecule has 0 N–H and O–H groups in total. The third-order valence-electron chi connectivity index (χ3n) is 6.39. The SMILES string of the molecule is CO[Si](OC)(N1CC(C)Cc2cc(C)ccc21)N1CC(C)Cc2cc(C)ccc21. The maximum absolute atomic E-state index is 6.41. The van der Waals surface area contributed by atoms with E-state index >= 15 is 0 Å². The zero-order valence-corrected chi connectivity index (χ0v) is 19.7. The molecular formula is C24H34N2O2Si. The summed E-state index contributed by atoms with van der Waals surface area (Å²) < 4.78 is 17.8. The van der Waals surface area contributed by atoms with Gasteiger partial charge in [0.05, 0.1) is 0 Å². The minimum absolute atomic E-state index is 0.557. The number of hydrogen-bond donors (Lipinski definition) is 0. The fourth-order valence-corrected chi connectivity index (χ4v) is 8.66. The summed E-state index contributed by atoms with van der Waals surface area (Å²) in [7, 11) is 0.763. The van der Waals surface area contributed by atoms with Crippen LogP contribution < -0.4 is 9.13 Å². The molecule has 4 nitrogen and oxygen atoms in total. The fourth-order valence-electron chi connectivity index (χ4n) is 5.19. The molecule has 2 aliphatic heterocycles. The Bertz CT molecular complexity index is 827. The van der Waals surface area contributed by atoms with E-state index in [1.54, 1.807) is 0 Å². The fraction of sp³-hybridized carbons (Fsp3) is 0.500. The third-order valence-corrected chi connectivity index (χ3v) is 9.67. The van der Waals surface area contributed by atoms with Crippen molar-refractivity contribution >= 4 is 20.3 Å². The molecule has 0 saturated carbocycles. The van der Waals surface area contributed by atoms with E-state index in [1.165, 1.54) is 33.6 Å². The van der Waals surface area contributed by atoms with Crippen molar-refractivity contribution in [1.29, 1.82) is 0 Å². The van der Waals surface area contributed by atoms with Crippen molar-refractivity contribution < 1.29 is 8.85 Å². The van der Waals surface area contributed by atoms with E-state index in [4.69, 9.17) is 8.85 Å². The Morgan fingerprint density at radius 3 is 1.55 bits per heavy atom. The molecule has 2 aromatic carbocycles. The van der Waals surface area contributed by atoms with E-state index in [-0.39, 0.29) is 0 Å². The van der Waals surface area contributed by atoms with Gasteiger partial charge in [0.2, 0.25) is 0 Å². The van der Waals surface area contributed by atoms with Crippen LogP contribution in [0.5, 0.6) is 0 Å². The second-order valence-electron chi connectivity index (χ2n) is 9.06. The summed E-state index contributed by atoms with van der Waals surface area (Å²) in [5, 5.41) is 0. The first-order chi connectivity index (χ1) is 13.9. The molecule has 0 spiro atoms. The van der Waals surface area contributed by atoms with Crippen LogP contribution in [0.4, 0.5) is 11.4 Å². The summed E-state index contributed by atoms with van der Waals surface area (Å²) in [5.74, 6) is 1.11. The molecule has 0 aromatic heterocycles. The molecule has 29 heavy (non-hydrogen) atoms. The van der Waals surface area contributed by atoms with E-state index in [9.17, 15) is 0 Å². The van der Waals surface area contributed by atoms with Crippen LogP contribution in [0, 0.1) is 25.7 Å². The summed E-state index contributed by atoms with van der Waals surface area (Å²) in [4.78, 5) is 0. The number of fused-ring (bicyclic) bond motifs is 2. The highest BCUT2D eigenvalue weighted by Crippen LogP contribution is 2.40. The van der Waals surface area contributed by atoms with E-state index in [0.29, 0.717) is 11.8 Å². The van der Waals surface area contributed by atoms with Crippen molar-refractivity contribution in [3.63, 3.8) is 0 Å². The van der Waals surface area contributed by atoms with Crippen LogP contribution >= 0.6 is 0 Å². The zero-order chi connectivity index (χ0) is 20.8. The molecule has 5 heteroatoms. The smallest absolute Gasteiger partial charge is 0.365 e. The quantitative estimate of drug-likeness (QED) is 0.681. The molecule has 156 valence electrons. The lowest BCUT2D eigenvalue weighted by Gasteiger charge is -2.51. The van der Waals surface area contributed by atoms with Crippen molar-refractivity contribution in [3.8, 4) is 0 Å². The first-order valence-corrected chi connectivity index (χ1v) is 12.4. The third kappa shape index (κ3) is 3.49. The molecule has 0 aliphatic carbocycles. The molecule has 0 saturated heterocycles. The molecule has 4 rings (SSSR count). The molecule has 2 unspecified atom stereocenters. The van der Waals surface area contributed by atoms with Crippen molar-refractivity contribution in [3.05, 3.63) is 58.7 Å². The van der Waals surface area contributed by atoms with Gasteiger partial charge < -0.3 is 18.0 Å². The number of rotatable bonds is 4. The normalized spacial score (nSPS) is 21.7. The largest absolute Gasteiger partial charge is 0.588 e. The lowest BCUT2D eigenvalue weighted by molar-refractivity contribution is 0.228. The van der Waals surface area contributed by atoms with Crippen molar-refractivity contribution in [2.24, 2.45) is 11.8 Å². The van der Waals surface area contributed by atoms with Crippen LogP contribution in [0.3, 0.4) is 0 Å². The van der Waals surface area contributed by atoms with Crippen LogP contribution in [-0.2, 0) is 21.7 Å². The minimum Gasteiger partial charge on any atom is -0.365 e. The molecule has 2 atom stereocenters. The first-order valence-electron chi connectivity index (χ1n) is 10.7. The van der Waals surface area contributed by atoms with Gasteiger partial charge >= 0.3 is 8.88 Å². The number of anilines is 2. The average Bonchev–Trinajstić information content (AvgIpc) is 2.68. The predicted octanol–water partition coefficient (Wildman–Crippen LogP) is 4.73. The maximum Gasteiger partial charge on any atom is 0.588 e. The number of aryl methyl sites for hydroxylation is 2. The van der Waals surface area contributed by atoms with Crippen LogP contribution in [-0.4, -0.2) is 36.2 Å². The number of nitrogens with zero attached hydrogens (tertiary/aromatic N) is 2. The highest BCUT2D eigenvalue weighted by atomic mass is 28.4. The highest BCUT2D eigenvalue weighted by Gasteiger charge is 2.55. The lowest BCUT2D eigenvalue weighted by atomic mass is 9.94. The second kappa shape index (κ2) is 7.78. The molecular weight excluding hydrogens is 376 g/mol. The van der Waals surface area contributed by atoms with Gasteiger partial charge in [-0.15, -0.1) is 0 Å². The van der Waals surface area contributed by atoms with Crippen molar-refractivity contribution in [2.75, 3.05) is 36.4 Å². The van der Waals surface area contributed by atoms with Crippen LogP contribution in [0.15, 0.2) is 36.4 Å². The Morgan fingerprint density at radius 1 is 0.759 bits per heavy atom. The van der Waals surface area contributed by atoms with Gasteiger partial charge in [-0.25, -0.2) is 0 Å². The topological polar surface area (TPSA) is 24.9 Å². The molecule has 0 bridgehead atoms. The van der Waals surface area contributed by atoms with Crippen LogP contribution in [0.1, 0.15) is 36.1 Å². The van der Waals surface area contributed by atoms with Gasteiger partial charge in [-0.1, -0.05) is 49.2 Å². The molecule has 2 aliphatic rings. The second-order valence-corrected chi connectivity index (χ2v) is 12.1. The highest BCUT2D eigenvalue weighted by molar-refractivity contribution is 6.75. The lowest BCUT2D eigenvalue weighted by Crippen LogP contribution is -2.72. The standard InChI is InChI=1S/C24H34N2O2Si/c1-17-7-9-23-21(11-17)13-19(3)15-25(23)29(27-5,28-6)26-16-20(4)14-22-12-18(2)8-10-24(22)26/h7-12,19-20H,13-16H2,1-6H3. The Labute approximate surface area is 176 Å². The number of benzene rings is 2. The van der Waals surface area contributed by atoms with Crippen LogP contribution in [0.2, 0.25) is 0 Å². The summed E-state index contributed by atoms with van der Waals surface area (Å²) >= 11 is 0. The van der Waals surface area contributed by atoms with Gasteiger partial charge in [0.25, 0.3) is 0 Å². The summed E-state index contributed by atoms with van der Waals surface area (Å²) in [6.07, 6.45) is 2.22. The average molecular weight is 411 g/mol. The van der Waals surface area contributed by atoms with Crippen molar-refractivity contribution in [1.82, 2.24) is 0 Å². The van der Waals surface area contributed by atoms with E-state index in [0.717, 1.165) is 25.9 Å². The van der Waals surface area contributed by atoms with E-state index in [2.05, 4.69) is 73.2 Å². The number of hydrogen-bond acceptors (Lipinski definition) is 4. The van der Waals surface area contributed by atoms with Gasteiger partial charge in [0.1, 0.15) is 0 Å². The molecule has 2 aromatic rings. The predicted molar refractivity (Wildman–Crippen MR) is 123 cm³/mol. The summed E-state index contributed by atoms with van der Waals surface area (Å²) in [5.41, 5.74) is 7.99. The van der Waals surface area contributed by atoms with Crippen LogP contribution in [0.25, 0.3) is 0 Å². The van der Waals surface area contributed by atoms with E-state index in [1.807, 2.05) is 14.2 Å².